The van der Waals surface area contributed by atoms with Gasteiger partial charge in [-0.05, 0) is 61.7 Å². The number of sulfonamides is 1. The molecule has 4 rings (SSSR count). The molecule has 2 aromatic carbocycles. The summed E-state index contributed by atoms with van der Waals surface area (Å²) >= 11 is 0. The number of nitrogens with one attached hydrogen (secondary N) is 1. The lowest BCUT2D eigenvalue weighted by atomic mass is 9.99. The number of fused-ring (bicyclic) bond motifs is 1. The number of nitrogens with zero attached hydrogens (tertiary/aromatic N) is 2. The maximum absolute atomic E-state index is 13.3. The number of anilines is 1. The molecular formula is C24H33N3O4S. The van der Waals surface area contributed by atoms with E-state index < -0.39 is 10.0 Å². The van der Waals surface area contributed by atoms with Gasteiger partial charge in [-0.25, -0.2) is 13.1 Å². The van der Waals surface area contributed by atoms with Crippen molar-refractivity contribution in [3.8, 4) is 11.5 Å². The fourth-order valence-corrected chi connectivity index (χ4v) is 5.96. The van der Waals surface area contributed by atoms with Gasteiger partial charge in [0.05, 0.1) is 14.2 Å². The lowest BCUT2D eigenvalue weighted by Gasteiger charge is -2.35. The monoisotopic (exact) mass is 459 g/mol. The van der Waals surface area contributed by atoms with E-state index in [4.69, 9.17) is 9.47 Å². The molecule has 1 N–H and O–H groups in total. The first kappa shape index (κ1) is 22.9. The van der Waals surface area contributed by atoms with Crippen molar-refractivity contribution >= 4 is 15.7 Å². The number of methoxy groups -OCH3 is 2. The molecule has 0 bridgehead atoms. The van der Waals surface area contributed by atoms with Crippen molar-refractivity contribution in [2.75, 3.05) is 52.3 Å². The third kappa shape index (κ3) is 4.72. The average molecular weight is 460 g/mol. The van der Waals surface area contributed by atoms with Crippen molar-refractivity contribution in [3.63, 3.8) is 0 Å². The standard InChI is InChI=1S/C24H33N3O4S/c1-26-14-11-19-15-18(7-9-21(19)26)22(27-12-5-4-6-13-27)17-25-32(28,29)24-16-20(30-2)8-10-23(24)31-3/h7-10,15-16,22,25H,4-6,11-14,17H2,1-3H3/t22-/m1/s1. The van der Waals surface area contributed by atoms with Gasteiger partial charge in [-0.2, -0.15) is 0 Å². The van der Waals surface area contributed by atoms with Gasteiger partial charge in [-0.15, -0.1) is 0 Å². The van der Waals surface area contributed by atoms with Crippen LogP contribution in [-0.4, -0.2) is 60.8 Å². The number of rotatable bonds is 8. The highest BCUT2D eigenvalue weighted by molar-refractivity contribution is 7.89. The van der Waals surface area contributed by atoms with Gasteiger partial charge in [0.1, 0.15) is 16.4 Å². The third-order valence-corrected chi connectivity index (χ3v) is 8.02. The van der Waals surface area contributed by atoms with E-state index in [1.54, 1.807) is 12.1 Å². The lowest BCUT2D eigenvalue weighted by molar-refractivity contribution is 0.164. The molecule has 32 heavy (non-hydrogen) atoms. The van der Waals surface area contributed by atoms with E-state index in [2.05, 4.69) is 39.8 Å². The number of likely N-dealkylation sites (tertiary alicyclic amines) is 1. The zero-order valence-corrected chi connectivity index (χ0v) is 20.0. The predicted octanol–water partition coefficient (Wildman–Crippen LogP) is 3.20. The third-order valence-electron chi connectivity index (χ3n) is 6.57. The number of benzene rings is 2. The maximum Gasteiger partial charge on any atom is 0.244 e. The number of hydrogen-bond acceptors (Lipinski definition) is 6. The Morgan fingerprint density at radius 3 is 2.50 bits per heavy atom. The van der Waals surface area contributed by atoms with E-state index in [-0.39, 0.29) is 10.9 Å². The number of hydrogen-bond donors (Lipinski definition) is 1. The molecule has 0 spiro atoms. The lowest BCUT2D eigenvalue weighted by Crippen LogP contribution is -2.40. The molecule has 0 aliphatic carbocycles. The van der Waals surface area contributed by atoms with Crippen LogP contribution in [0.25, 0.3) is 0 Å². The quantitative estimate of drug-likeness (QED) is 0.654. The summed E-state index contributed by atoms with van der Waals surface area (Å²) in [5.74, 6) is 0.773. The first-order chi connectivity index (χ1) is 15.4. The molecule has 0 aromatic heterocycles. The van der Waals surface area contributed by atoms with Gasteiger partial charge in [-0.3, -0.25) is 4.90 Å². The maximum atomic E-state index is 13.3. The van der Waals surface area contributed by atoms with Crippen molar-refractivity contribution in [3.05, 3.63) is 47.5 Å². The summed E-state index contributed by atoms with van der Waals surface area (Å²) in [6, 6.07) is 11.4. The van der Waals surface area contributed by atoms with Crippen LogP contribution in [0.2, 0.25) is 0 Å². The Labute approximate surface area is 191 Å². The smallest absolute Gasteiger partial charge is 0.244 e. The molecule has 2 aliphatic rings. The van der Waals surface area contributed by atoms with Crippen LogP contribution in [0.4, 0.5) is 5.69 Å². The van der Waals surface area contributed by atoms with E-state index in [0.29, 0.717) is 18.0 Å². The molecule has 174 valence electrons. The summed E-state index contributed by atoms with van der Waals surface area (Å²) in [6.45, 7) is 3.28. The Bertz CT molecular complexity index is 1050. The summed E-state index contributed by atoms with van der Waals surface area (Å²) in [5.41, 5.74) is 3.78. The van der Waals surface area contributed by atoms with Crippen LogP contribution in [0.1, 0.15) is 36.4 Å². The van der Waals surface area contributed by atoms with Crippen molar-refractivity contribution in [1.29, 1.82) is 0 Å². The van der Waals surface area contributed by atoms with Gasteiger partial charge in [-0.1, -0.05) is 18.6 Å². The molecule has 2 aromatic rings. The Balaban J connectivity index is 1.61. The Morgan fingerprint density at radius 2 is 1.78 bits per heavy atom. The second-order valence-corrected chi connectivity index (χ2v) is 10.3. The molecule has 1 saturated heterocycles. The first-order valence-electron chi connectivity index (χ1n) is 11.2. The second kappa shape index (κ2) is 9.68. The largest absolute Gasteiger partial charge is 0.497 e. The van der Waals surface area contributed by atoms with E-state index in [9.17, 15) is 8.42 Å². The minimum Gasteiger partial charge on any atom is -0.497 e. The number of piperidine rings is 1. The van der Waals surface area contributed by atoms with Gasteiger partial charge < -0.3 is 14.4 Å². The first-order valence-corrected chi connectivity index (χ1v) is 12.7. The van der Waals surface area contributed by atoms with Crippen LogP contribution in [-0.2, 0) is 16.4 Å². The topological polar surface area (TPSA) is 71.1 Å². The van der Waals surface area contributed by atoms with E-state index >= 15 is 0 Å². The van der Waals surface area contributed by atoms with E-state index in [0.717, 1.165) is 38.9 Å². The fourth-order valence-electron chi connectivity index (χ4n) is 4.74. The summed E-state index contributed by atoms with van der Waals surface area (Å²) in [4.78, 5) is 4.77. The van der Waals surface area contributed by atoms with Gasteiger partial charge in [0.2, 0.25) is 10.0 Å². The van der Waals surface area contributed by atoms with Crippen molar-refractivity contribution in [2.45, 2.75) is 36.6 Å². The minimum atomic E-state index is -3.79. The van der Waals surface area contributed by atoms with Crippen LogP contribution in [0.3, 0.4) is 0 Å². The molecule has 0 saturated carbocycles. The van der Waals surface area contributed by atoms with Crippen LogP contribution in [0.5, 0.6) is 11.5 Å². The fraction of sp³-hybridized carbons (Fsp3) is 0.500. The Morgan fingerprint density at radius 1 is 1.00 bits per heavy atom. The van der Waals surface area contributed by atoms with Gasteiger partial charge >= 0.3 is 0 Å². The van der Waals surface area contributed by atoms with Gasteiger partial charge in [0.15, 0.2) is 0 Å². The van der Waals surface area contributed by atoms with Crippen LogP contribution < -0.4 is 19.1 Å². The summed E-state index contributed by atoms with van der Waals surface area (Å²) in [7, 11) is 1.32. The molecule has 1 atom stereocenters. The molecule has 0 radical (unpaired) electrons. The normalized spacial score (nSPS) is 17.8. The molecule has 8 heteroatoms. The zero-order valence-electron chi connectivity index (χ0n) is 19.1. The molecule has 1 fully saturated rings. The van der Waals surface area contributed by atoms with Crippen molar-refractivity contribution < 1.29 is 17.9 Å². The molecular weight excluding hydrogens is 426 g/mol. The summed E-state index contributed by atoms with van der Waals surface area (Å²) < 4.78 is 39.9. The highest BCUT2D eigenvalue weighted by Crippen LogP contribution is 2.33. The average Bonchev–Trinajstić information content (AvgIpc) is 3.19. The second-order valence-electron chi connectivity index (χ2n) is 8.54. The highest BCUT2D eigenvalue weighted by atomic mass is 32.2. The van der Waals surface area contributed by atoms with E-state index in [1.165, 1.54) is 43.5 Å². The van der Waals surface area contributed by atoms with E-state index in [1.807, 2.05) is 0 Å². The van der Waals surface area contributed by atoms with Crippen molar-refractivity contribution in [1.82, 2.24) is 9.62 Å². The van der Waals surface area contributed by atoms with Gasteiger partial charge in [0.25, 0.3) is 0 Å². The van der Waals surface area contributed by atoms with Gasteiger partial charge in [0, 0.05) is 37.9 Å². The Hall–Kier alpha value is -2.29. The molecule has 7 nitrogen and oxygen atoms in total. The predicted molar refractivity (Wildman–Crippen MR) is 126 cm³/mol. The highest BCUT2D eigenvalue weighted by Gasteiger charge is 2.28. The minimum absolute atomic E-state index is 0.0158. The summed E-state index contributed by atoms with van der Waals surface area (Å²) in [5, 5.41) is 0. The number of likely N-dealkylation sites (N-methyl/N-ethyl adjacent to an activating group) is 1. The summed E-state index contributed by atoms with van der Waals surface area (Å²) in [6.07, 6.45) is 4.53. The van der Waals surface area contributed by atoms with Crippen LogP contribution in [0.15, 0.2) is 41.3 Å². The molecule has 2 heterocycles. The van der Waals surface area contributed by atoms with Crippen LogP contribution in [0, 0.1) is 0 Å². The molecule has 0 amide bonds. The molecule has 2 aliphatic heterocycles. The SMILES string of the molecule is COc1ccc(OC)c(S(=O)(=O)NC[C@H](c2ccc3c(c2)CCN3C)N2CCCCC2)c1. The Kier molecular flexibility index (Phi) is 6.93. The molecule has 0 unspecified atom stereocenters. The van der Waals surface area contributed by atoms with Crippen LogP contribution >= 0.6 is 0 Å². The van der Waals surface area contributed by atoms with Crippen molar-refractivity contribution in [2.24, 2.45) is 0 Å². The zero-order chi connectivity index (χ0) is 22.7. The number of ether oxygens (including phenoxy) is 2.